The van der Waals surface area contributed by atoms with Gasteiger partial charge in [-0.2, -0.15) is 0 Å². The van der Waals surface area contributed by atoms with Gasteiger partial charge in [-0.1, -0.05) is 153 Å². The molecule has 0 radical (unpaired) electrons. The lowest BCUT2D eigenvalue weighted by Crippen LogP contribution is -2.16. The summed E-state index contributed by atoms with van der Waals surface area (Å²) in [5.74, 6) is 0. The second-order valence-electron chi connectivity index (χ2n) is 11.7. The first kappa shape index (κ1) is 23.9. The number of fused-ring (bicyclic) bond motifs is 6. The van der Waals surface area contributed by atoms with Crippen LogP contribution in [0.4, 0.5) is 0 Å². The van der Waals surface area contributed by atoms with E-state index in [2.05, 4.69) is 159 Å². The topological polar surface area (TPSA) is 0 Å². The molecule has 1 aliphatic rings. The highest BCUT2D eigenvalue weighted by molar-refractivity contribution is 6.23. The van der Waals surface area contributed by atoms with E-state index >= 15 is 0 Å². The van der Waals surface area contributed by atoms with Gasteiger partial charge in [0, 0.05) is 5.41 Å². The van der Waals surface area contributed by atoms with Crippen molar-refractivity contribution in [2.75, 3.05) is 0 Å². The number of rotatable bonds is 3. The number of hydrogen-bond donors (Lipinski definition) is 0. The standard InChI is InChI=1S/C41H30/c1-41(2)36-26-30(27-14-6-3-7-15-27)22-23-31(36)34-24-25-35-37(28-16-8-4-9-17-28)32-20-12-13-21-33(32)38(39(35)40(34)41)29-18-10-5-11-19-29/h3-26H,1-2H3. The smallest absolute Gasteiger partial charge is 0.0165 e. The molecule has 0 bridgehead atoms. The van der Waals surface area contributed by atoms with E-state index in [0.29, 0.717) is 0 Å². The Bertz CT molecular complexity index is 2080. The fourth-order valence-corrected chi connectivity index (χ4v) is 7.20. The van der Waals surface area contributed by atoms with E-state index in [-0.39, 0.29) is 5.41 Å². The molecule has 7 aromatic carbocycles. The van der Waals surface area contributed by atoms with E-state index in [0.717, 1.165) is 0 Å². The molecular formula is C41H30. The summed E-state index contributed by atoms with van der Waals surface area (Å²) in [6, 6.07) is 53.4. The quantitative estimate of drug-likeness (QED) is 0.202. The first-order chi connectivity index (χ1) is 20.1. The van der Waals surface area contributed by atoms with E-state index in [1.165, 1.54) is 77.2 Å². The van der Waals surface area contributed by atoms with Crippen LogP contribution in [0.5, 0.6) is 0 Å². The monoisotopic (exact) mass is 522 g/mol. The summed E-state index contributed by atoms with van der Waals surface area (Å²) in [6.07, 6.45) is 0. The maximum absolute atomic E-state index is 2.43. The lowest BCUT2D eigenvalue weighted by molar-refractivity contribution is 0.666. The lowest BCUT2D eigenvalue weighted by Gasteiger charge is -2.27. The molecule has 0 heteroatoms. The average Bonchev–Trinajstić information content (AvgIpc) is 3.27. The summed E-state index contributed by atoms with van der Waals surface area (Å²) < 4.78 is 0. The summed E-state index contributed by atoms with van der Waals surface area (Å²) in [5.41, 5.74) is 13.0. The van der Waals surface area contributed by atoms with Crippen molar-refractivity contribution < 1.29 is 0 Å². The zero-order valence-corrected chi connectivity index (χ0v) is 23.4. The Kier molecular flexibility index (Phi) is 5.27. The summed E-state index contributed by atoms with van der Waals surface area (Å²) in [4.78, 5) is 0. The molecule has 194 valence electrons. The first-order valence-electron chi connectivity index (χ1n) is 14.5. The van der Waals surface area contributed by atoms with Crippen molar-refractivity contribution in [3.8, 4) is 44.5 Å². The van der Waals surface area contributed by atoms with Gasteiger partial charge in [-0.3, -0.25) is 0 Å². The van der Waals surface area contributed by atoms with E-state index < -0.39 is 0 Å². The summed E-state index contributed by atoms with van der Waals surface area (Å²) in [5, 5.41) is 5.28. The van der Waals surface area contributed by atoms with Crippen LogP contribution in [0.2, 0.25) is 0 Å². The molecule has 41 heavy (non-hydrogen) atoms. The largest absolute Gasteiger partial charge is 0.0622 e. The fourth-order valence-electron chi connectivity index (χ4n) is 7.20. The minimum absolute atomic E-state index is 0.172. The lowest BCUT2D eigenvalue weighted by atomic mass is 9.76. The van der Waals surface area contributed by atoms with Crippen molar-refractivity contribution in [3.05, 3.63) is 157 Å². The molecule has 0 unspecified atom stereocenters. The highest BCUT2D eigenvalue weighted by atomic mass is 14.4. The zero-order valence-electron chi connectivity index (χ0n) is 23.4. The van der Waals surface area contributed by atoms with Gasteiger partial charge in [0.2, 0.25) is 0 Å². The van der Waals surface area contributed by atoms with Crippen molar-refractivity contribution in [2.45, 2.75) is 19.3 Å². The van der Waals surface area contributed by atoms with Gasteiger partial charge < -0.3 is 0 Å². The molecule has 0 fully saturated rings. The molecule has 0 nitrogen and oxygen atoms in total. The molecule has 0 N–H and O–H groups in total. The zero-order chi connectivity index (χ0) is 27.6. The molecule has 0 spiro atoms. The molecule has 0 amide bonds. The Hall–Kier alpha value is -4.94. The molecule has 8 rings (SSSR count). The molecule has 0 saturated heterocycles. The summed E-state index contributed by atoms with van der Waals surface area (Å²) >= 11 is 0. The molecule has 0 saturated carbocycles. The number of hydrogen-bond acceptors (Lipinski definition) is 0. The minimum atomic E-state index is -0.172. The van der Waals surface area contributed by atoms with Gasteiger partial charge in [0.05, 0.1) is 0 Å². The summed E-state index contributed by atoms with van der Waals surface area (Å²) in [6.45, 7) is 4.83. The van der Waals surface area contributed by atoms with Crippen LogP contribution in [0.15, 0.2) is 146 Å². The van der Waals surface area contributed by atoms with Gasteiger partial charge in [0.25, 0.3) is 0 Å². The third-order valence-corrected chi connectivity index (χ3v) is 9.03. The SMILES string of the molecule is CC1(C)c2cc(-c3ccccc3)ccc2-c2ccc3c(-c4ccccc4)c4ccccc4c(-c4ccccc4)c3c21. The highest BCUT2D eigenvalue weighted by Gasteiger charge is 2.38. The van der Waals surface area contributed by atoms with Gasteiger partial charge in [-0.05, 0) is 83.2 Å². The Labute approximate surface area is 241 Å². The third kappa shape index (κ3) is 3.54. The van der Waals surface area contributed by atoms with Crippen molar-refractivity contribution in [2.24, 2.45) is 0 Å². The van der Waals surface area contributed by atoms with Crippen molar-refractivity contribution in [1.29, 1.82) is 0 Å². The Balaban J connectivity index is 1.53. The van der Waals surface area contributed by atoms with E-state index in [1.54, 1.807) is 0 Å². The average molecular weight is 523 g/mol. The third-order valence-electron chi connectivity index (χ3n) is 9.03. The molecule has 0 atom stereocenters. The second-order valence-corrected chi connectivity index (χ2v) is 11.7. The van der Waals surface area contributed by atoms with Crippen LogP contribution in [-0.2, 0) is 5.41 Å². The normalized spacial score (nSPS) is 13.3. The maximum Gasteiger partial charge on any atom is 0.0165 e. The predicted molar refractivity (Wildman–Crippen MR) is 175 cm³/mol. The van der Waals surface area contributed by atoms with Crippen LogP contribution < -0.4 is 0 Å². The molecule has 0 aliphatic heterocycles. The van der Waals surface area contributed by atoms with Crippen LogP contribution >= 0.6 is 0 Å². The summed E-state index contributed by atoms with van der Waals surface area (Å²) in [7, 11) is 0. The Morgan fingerprint density at radius 3 is 1.54 bits per heavy atom. The van der Waals surface area contributed by atoms with Gasteiger partial charge in [0.1, 0.15) is 0 Å². The van der Waals surface area contributed by atoms with Gasteiger partial charge in [0.15, 0.2) is 0 Å². The molecule has 0 aromatic heterocycles. The molecule has 1 aliphatic carbocycles. The second kappa shape index (κ2) is 9.04. The first-order valence-corrected chi connectivity index (χ1v) is 14.5. The van der Waals surface area contributed by atoms with E-state index in [4.69, 9.17) is 0 Å². The Morgan fingerprint density at radius 2 is 0.902 bits per heavy atom. The Morgan fingerprint density at radius 1 is 0.390 bits per heavy atom. The van der Waals surface area contributed by atoms with Crippen molar-refractivity contribution in [3.63, 3.8) is 0 Å². The fraction of sp³-hybridized carbons (Fsp3) is 0.0732. The van der Waals surface area contributed by atoms with E-state index in [9.17, 15) is 0 Å². The highest BCUT2D eigenvalue weighted by Crippen LogP contribution is 2.56. The van der Waals surface area contributed by atoms with Crippen molar-refractivity contribution >= 4 is 21.5 Å². The molecule has 0 heterocycles. The number of benzene rings is 7. The van der Waals surface area contributed by atoms with Crippen LogP contribution in [0.1, 0.15) is 25.0 Å². The van der Waals surface area contributed by atoms with Crippen LogP contribution in [-0.4, -0.2) is 0 Å². The van der Waals surface area contributed by atoms with Crippen LogP contribution in [0.25, 0.3) is 66.1 Å². The molecular weight excluding hydrogens is 492 g/mol. The molecule has 7 aromatic rings. The van der Waals surface area contributed by atoms with E-state index in [1.807, 2.05) is 0 Å². The van der Waals surface area contributed by atoms with Crippen molar-refractivity contribution in [1.82, 2.24) is 0 Å². The van der Waals surface area contributed by atoms with Gasteiger partial charge in [-0.25, -0.2) is 0 Å². The van der Waals surface area contributed by atoms with Crippen LogP contribution in [0, 0.1) is 0 Å². The van der Waals surface area contributed by atoms with Gasteiger partial charge in [-0.15, -0.1) is 0 Å². The predicted octanol–water partition coefficient (Wildman–Crippen LogP) is 11.3. The minimum Gasteiger partial charge on any atom is -0.0622 e. The van der Waals surface area contributed by atoms with Gasteiger partial charge >= 0.3 is 0 Å². The maximum atomic E-state index is 2.43. The van der Waals surface area contributed by atoms with Crippen LogP contribution in [0.3, 0.4) is 0 Å².